The van der Waals surface area contributed by atoms with Crippen LogP contribution in [0.25, 0.3) is 11.4 Å². The van der Waals surface area contributed by atoms with Gasteiger partial charge < -0.3 is 15.4 Å². The van der Waals surface area contributed by atoms with Gasteiger partial charge in [0.1, 0.15) is 11.6 Å². The van der Waals surface area contributed by atoms with Gasteiger partial charge in [-0.05, 0) is 44.6 Å². The maximum Gasteiger partial charge on any atom is 0.256 e. The number of pyridine rings is 1. The van der Waals surface area contributed by atoms with E-state index in [-0.39, 0.29) is 23.0 Å². The molecule has 0 unspecified atom stereocenters. The second-order valence-electron chi connectivity index (χ2n) is 9.52. The highest BCUT2D eigenvalue weighted by Gasteiger charge is 2.37. The van der Waals surface area contributed by atoms with Gasteiger partial charge in [0.2, 0.25) is 0 Å². The SMILES string of the molecule is O=C(c1cnc(Nc2ccnc(-c3cnn(S(=O)(=O)C4CC4)c3)n2)cc1NC1CCOCC1)C1CC1. The third-order valence-corrected chi connectivity index (χ3v) is 8.67. The minimum absolute atomic E-state index is 0.0925. The molecule has 11 nitrogen and oxygen atoms in total. The topological polar surface area (TPSA) is 141 Å². The summed E-state index contributed by atoms with van der Waals surface area (Å²) in [4.78, 5) is 26.1. The van der Waals surface area contributed by atoms with E-state index in [9.17, 15) is 13.2 Å². The van der Waals surface area contributed by atoms with Crippen LogP contribution in [0.5, 0.6) is 0 Å². The van der Waals surface area contributed by atoms with Crippen molar-refractivity contribution in [3.05, 3.63) is 42.5 Å². The van der Waals surface area contributed by atoms with Gasteiger partial charge in [-0.3, -0.25) is 4.79 Å². The number of ketones is 1. The van der Waals surface area contributed by atoms with E-state index in [1.807, 2.05) is 6.07 Å². The Balaban J connectivity index is 1.24. The average molecular weight is 510 g/mol. The summed E-state index contributed by atoms with van der Waals surface area (Å²) in [5.41, 5.74) is 1.88. The van der Waals surface area contributed by atoms with E-state index in [0.717, 1.165) is 35.5 Å². The Morgan fingerprint density at radius 3 is 2.58 bits per heavy atom. The molecule has 3 aliphatic rings. The number of hydrogen-bond donors (Lipinski definition) is 2. The third kappa shape index (κ3) is 4.82. The molecule has 0 aromatic carbocycles. The summed E-state index contributed by atoms with van der Waals surface area (Å²) in [5, 5.41) is 10.4. The van der Waals surface area contributed by atoms with Crippen molar-refractivity contribution < 1.29 is 17.9 Å². The number of carbonyl (C=O) groups is 1. The average Bonchev–Trinajstić information content (AvgIpc) is 3.82. The van der Waals surface area contributed by atoms with Crippen molar-refractivity contribution in [3.63, 3.8) is 0 Å². The molecule has 4 heterocycles. The molecular weight excluding hydrogens is 482 g/mol. The van der Waals surface area contributed by atoms with E-state index >= 15 is 0 Å². The van der Waals surface area contributed by atoms with Gasteiger partial charge in [-0.2, -0.15) is 9.19 Å². The first kappa shape index (κ1) is 23.0. The molecule has 36 heavy (non-hydrogen) atoms. The van der Waals surface area contributed by atoms with Crippen LogP contribution in [-0.2, 0) is 14.8 Å². The summed E-state index contributed by atoms with van der Waals surface area (Å²) in [6.07, 6.45) is 11.0. The Kier molecular flexibility index (Phi) is 5.92. The lowest BCUT2D eigenvalue weighted by Crippen LogP contribution is -2.28. The van der Waals surface area contributed by atoms with Crippen molar-refractivity contribution in [3.8, 4) is 11.4 Å². The summed E-state index contributed by atoms with van der Waals surface area (Å²) in [7, 11) is -3.46. The van der Waals surface area contributed by atoms with Crippen molar-refractivity contribution in [2.75, 3.05) is 23.8 Å². The van der Waals surface area contributed by atoms with Crippen molar-refractivity contribution in [2.45, 2.75) is 49.8 Å². The van der Waals surface area contributed by atoms with Crippen molar-refractivity contribution in [1.82, 2.24) is 24.1 Å². The number of anilines is 3. The molecule has 0 bridgehead atoms. The first-order valence-electron chi connectivity index (χ1n) is 12.3. The summed E-state index contributed by atoms with van der Waals surface area (Å²) in [5.74, 6) is 1.59. The molecule has 2 aliphatic carbocycles. The van der Waals surface area contributed by atoms with Crippen LogP contribution in [0.15, 0.2) is 36.9 Å². The summed E-state index contributed by atoms with van der Waals surface area (Å²) in [6.45, 7) is 1.39. The molecule has 2 saturated carbocycles. The van der Waals surface area contributed by atoms with Gasteiger partial charge >= 0.3 is 0 Å². The van der Waals surface area contributed by atoms with Gasteiger partial charge in [0.25, 0.3) is 10.0 Å². The van der Waals surface area contributed by atoms with Gasteiger partial charge in [-0.1, -0.05) is 0 Å². The second-order valence-corrected chi connectivity index (χ2v) is 11.6. The molecule has 6 rings (SSSR count). The summed E-state index contributed by atoms with van der Waals surface area (Å²) >= 11 is 0. The number of hydrogen-bond acceptors (Lipinski definition) is 10. The number of ether oxygens (including phenoxy) is 1. The lowest BCUT2D eigenvalue weighted by atomic mass is 10.0. The molecule has 188 valence electrons. The molecule has 12 heteroatoms. The van der Waals surface area contributed by atoms with E-state index in [0.29, 0.717) is 54.6 Å². The Bertz CT molecular complexity index is 1390. The van der Waals surface area contributed by atoms with E-state index in [1.54, 1.807) is 18.5 Å². The Morgan fingerprint density at radius 1 is 1.03 bits per heavy atom. The maximum atomic E-state index is 12.9. The van der Waals surface area contributed by atoms with Crippen LogP contribution in [0, 0.1) is 5.92 Å². The quantitative estimate of drug-likeness (QED) is 0.414. The molecule has 3 fully saturated rings. The lowest BCUT2D eigenvalue weighted by molar-refractivity contribution is 0.0904. The number of aromatic nitrogens is 5. The summed E-state index contributed by atoms with van der Waals surface area (Å²) in [6, 6.07) is 3.77. The maximum absolute atomic E-state index is 12.9. The van der Waals surface area contributed by atoms with Crippen LogP contribution in [-0.4, -0.2) is 62.8 Å². The highest BCUT2D eigenvalue weighted by molar-refractivity contribution is 7.90. The van der Waals surface area contributed by atoms with Gasteiger partial charge in [0.05, 0.1) is 34.5 Å². The number of Topliss-reactive ketones (excluding diaryl/α,β-unsaturated/α-hetero) is 1. The Labute approximate surface area is 208 Å². The summed E-state index contributed by atoms with van der Waals surface area (Å²) < 4.78 is 31.4. The van der Waals surface area contributed by atoms with Crippen LogP contribution in [0.2, 0.25) is 0 Å². The minimum atomic E-state index is -3.46. The molecule has 2 N–H and O–H groups in total. The highest BCUT2D eigenvalue weighted by Crippen LogP contribution is 2.36. The molecule has 3 aromatic heterocycles. The molecule has 1 aliphatic heterocycles. The van der Waals surface area contributed by atoms with Crippen molar-refractivity contribution >= 4 is 33.1 Å². The number of nitrogens with one attached hydrogen (secondary N) is 2. The molecule has 0 amide bonds. The van der Waals surface area contributed by atoms with Gasteiger partial charge in [0, 0.05) is 43.6 Å². The third-order valence-electron chi connectivity index (χ3n) is 6.63. The lowest BCUT2D eigenvalue weighted by Gasteiger charge is -2.25. The molecule has 3 aromatic rings. The number of nitrogens with zero attached hydrogens (tertiary/aromatic N) is 5. The predicted octanol–water partition coefficient (Wildman–Crippen LogP) is 3.00. The van der Waals surface area contributed by atoms with Crippen LogP contribution < -0.4 is 10.6 Å². The van der Waals surface area contributed by atoms with Gasteiger partial charge in [-0.25, -0.2) is 23.4 Å². The van der Waals surface area contributed by atoms with Crippen molar-refractivity contribution in [1.29, 1.82) is 0 Å². The Morgan fingerprint density at radius 2 is 1.83 bits per heavy atom. The van der Waals surface area contributed by atoms with E-state index in [4.69, 9.17) is 4.74 Å². The fourth-order valence-corrected chi connectivity index (χ4v) is 5.72. The predicted molar refractivity (Wildman–Crippen MR) is 133 cm³/mol. The number of rotatable bonds is 9. The largest absolute Gasteiger partial charge is 0.381 e. The zero-order valence-corrected chi connectivity index (χ0v) is 20.4. The van der Waals surface area contributed by atoms with E-state index < -0.39 is 10.0 Å². The van der Waals surface area contributed by atoms with E-state index in [2.05, 4.69) is 30.7 Å². The zero-order valence-electron chi connectivity index (χ0n) is 19.6. The van der Waals surface area contributed by atoms with Crippen LogP contribution in [0.1, 0.15) is 48.9 Å². The van der Waals surface area contributed by atoms with Crippen LogP contribution in [0.4, 0.5) is 17.3 Å². The molecule has 0 atom stereocenters. The monoisotopic (exact) mass is 509 g/mol. The molecule has 0 spiro atoms. The smallest absolute Gasteiger partial charge is 0.256 e. The molecular formula is C24H27N7O4S. The van der Waals surface area contributed by atoms with E-state index in [1.165, 1.54) is 12.4 Å². The standard InChI is InChI=1S/C24H27N7O4S/c32-23(15-1-2-15)19-13-26-22(11-20(19)28-17-6-9-35-10-7-17)29-21-5-8-25-24(30-21)16-12-27-31(14-16)36(33,34)18-3-4-18/h5,8,11-15,17-18H,1-4,6-7,9-10H2,(H2,25,26,28,29,30). The highest BCUT2D eigenvalue weighted by atomic mass is 32.2. The van der Waals surface area contributed by atoms with Gasteiger partial charge in [0.15, 0.2) is 11.6 Å². The zero-order chi connectivity index (χ0) is 24.7. The number of carbonyl (C=O) groups excluding carboxylic acids is 1. The molecule has 0 radical (unpaired) electrons. The Hall–Kier alpha value is -3.38. The molecule has 1 saturated heterocycles. The second kappa shape index (κ2) is 9.25. The normalized spacial score (nSPS) is 18.7. The van der Waals surface area contributed by atoms with Gasteiger partial charge in [-0.15, -0.1) is 0 Å². The van der Waals surface area contributed by atoms with Crippen LogP contribution >= 0.6 is 0 Å². The van der Waals surface area contributed by atoms with Crippen molar-refractivity contribution in [2.24, 2.45) is 5.92 Å². The minimum Gasteiger partial charge on any atom is -0.381 e. The van der Waals surface area contributed by atoms with Crippen LogP contribution in [0.3, 0.4) is 0 Å². The first-order valence-corrected chi connectivity index (χ1v) is 13.8. The fraction of sp³-hybridized carbons (Fsp3) is 0.458. The fourth-order valence-electron chi connectivity index (χ4n) is 4.24. The first-order chi connectivity index (χ1) is 17.5.